The Labute approximate surface area is 619 Å². The average molecular weight is 1480 g/mol. The number of carbonyl (C=O) groups is 4. The molecule has 3 N–H and O–H groups in total. The summed E-state index contributed by atoms with van der Waals surface area (Å²) in [6, 6.07) is 0. The standard InChI is InChI=1S/C82H160O17P2/c1-6-9-12-15-18-21-24-26-27-28-29-30-31-32-33-34-38-43-48-53-58-63-68-82(87)99-78(72-93-80(85)66-61-56-51-46-41-39-35-37-40-44-49-54-59-64-75(4)5)74-97-101(90,91)95-70-76(83)69-94-100(88,89)96-73-77(71-92-79(84)65-60-55-50-45-23-20-17-14-11-8-3)98-81(86)67-62-57-52-47-42-36-25-22-19-16-13-10-7-2/h75-78,83H,6-74H2,1-5H3,(H,88,89)(H,90,91)/t76-,77+,78+/m0/s1. The van der Waals surface area contributed by atoms with Crippen molar-refractivity contribution in [3.8, 4) is 0 Å². The van der Waals surface area contributed by atoms with E-state index in [1.807, 2.05) is 0 Å². The van der Waals surface area contributed by atoms with Crippen LogP contribution < -0.4 is 0 Å². The molecule has 0 bridgehead atoms. The first-order chi connectivity index (χ1) is 49.0. The van der Waals surface area contributed by atoms with Gasteiger partial charge in [0.05, 0.1) is 26.4 Å². The van der Waals surface area contributed by atoms with Crippen LogP contribution in [0.3, 0.4) is 0 Å². The van der Waals surface area contributed by atoms with E-state index in [0.717, 1.165) is 95.8 Å². The Morgan fingerprint density at radius 1 is 0.267 bits per heavy atom. The summed E-state index contributed by atoms with van der Waals surface area (Å²) in [5.74, 6) is -1.31. The number of hydrogen-bond donors (Lipinski definition) is 3. The zero-order chi connectivity index (χ0) is 74.1. The topological polar surface area (TPSA) is 237 Å². The average Bonchev–Trinajstić information content (AvgIpc) is 0.918. The smallest absolute Gasteiger partial charge is 0.462 e. The molecule has 5 atom stereocenters. The van der Waals surface area contributed by atoms with E-state index in [9.17, 15) is 43.2 Å². The Hall–Kier alpha value is -1.94. The van der Waals surface area contributed by atoms with Crippen molar-refractivity contribution < 1.29 is 80.2 Å². The highest BCUT2D eigenvalue weighted by atomic mass is 31.2. The van der Waals surface area contributed by atoms with Crippen molar-refractivity contribution in [3.63, 3.8) is 0 Å². The number of ether oxygens (including phenoxy) is 4. The Morgan fingerprint density at radius 2 is 0.455 bits per heavy atom. The van der Waals surface area contributed by atoms with Crippen molar-refractivity contribution in [1.29, 1.82) is 0 Å². The van der Waals surface area contributed by atoms with Crippen LogP contribution in [0, 0.1) is 5.92 Å². The third kappa shape index (κ3) is 76.1. The van der Waals surface area contributed by atoms with Crippen molar-refractivity contribution in [2.45, 2.75) is 457 Å². The van der Waals surface area contributed by atoms with Gasteiger partial charge in [-0.3, -0.25) is 37.3 Å². The van der Waals surface area contributed by atoms with Crippen LogP contribution in [0.25, 0.3) is 0 Å². The number of unbranched alkanes of at least 4 members (excludes halogenated alkanes) is 54. The van der Waals surface area contributed by atoms with Crippen LogP contribution in [-0.2, 0) is 65.4 Å². The van der Waals surface area contributed by atoms with E-state index < -0.39 is 97.5 Å². The molecule has 0 spiro atoms. The highest BCUT2D eigenvalue weighted by Crippen LogP contribution is 2.45. The van der Waals surface area contributed by atoms with Crippen LogP contribution in [0.2, 0.25) is 0 Å². The van der Waals surface area contributed by atoms with Crippen molar-refractivity contribution in [2.75, 3.05) is 39.6 Å². The predicted molar refractivity (Wildman–Crippen MR) is 414 cm³/mol. The summed E-state index contributed by atoms with van der Waals surface area (Å²) < 4.78 is 68.7. The van der Waals surface area contributed by atoms with Gasteiger partial charge in [-0.2, -0.15) is 0 Å². The maximum atomic E-state index is 13.1. The second-order valence-electron chi connectivity index (χ2n) is 30.0. The second-order valence-corrected chi connectivity index (χ2v) is 32.9. The minimum atomic E-state index is -4.96. The number of carbonyl (C=O) groups excluding carboxylic acids is 4. The Bertz CT molecular complexity index is 1930. The maximum Gasteiger partial charge on any atom is 0.472 e. The number of hydrogen-bond acceptors (Lipinski definition) is 15. The van der Waals surface area contributed by atoms with Crippen molar-refractivity contribution >= 4 is 39.5 Å². The number of aliphatic hydroxyl groups excluding tert-OH is 1. The monoisotopic (exact) mass is 1480 g/mol. The van der Waals surface area contributed by atoms with Crippen LogP contribution in [0.1, 0.15) is 439 Å². The summed E-state index contributed by atoms with van der Waals surface area (Å²) in [5.41, 5.74) is 0. The van der Waals surface area contributed by atoms with E-state index in [2.05, 4.69) is 34.6 Å². The summed E-state index contributed by atoms with van der Waals surface area (Å²) in [6.07, 6.45) is 66.6. The van der Waals surface area contributed by atoms with Gasteiger partial charge in [-0.1, -0.05) is 388 Å². The Balaban J connectivity index is 5.20. The first-order valence-electron chi connectivity index (χ1n) is 42.6. The molecule has 17 nitrogen and oxygen atoms in total. The normalized spacial score (nSPS) is 13.8. The molecular formula is C82H160O17P2. The lowest BCUT2D eigenvalue weighted by Gasteiger charge is -2.21. The maximum absolute atomic E-state index is 13.1. The lowest BCUT2D eigenvalue weighted by molar-refractivity contribution is -0.161. The zero-order valence-electron chi connectivity index (χ0n) is 66.1. The molecule has 0 aromatic heterocycles. The molecule has 600 valence electrons. The van der Waals surface area contributed by atoms with Crippen molar-refractivity contribution in [2.24, 2.45) is 5.92 Å². The van der Waals surface area contributed by atoms with Crippen LogP contribution in [0.4, 0.5) is 0 Å². The lowest BCUT2D eigenvalue weighted by atomic mass is 10.0. The number of rotatable bonds is 82. The molecule has 0 aliphatic carbocycles. The molecule has 0 aromatic rings. The first-order valence-corrected chi connectivity index (χ1v) is 45.6. The molecule has 0 aliphatic heterocycles. The summed E-state index contributed by atoms with van der Waals surface area (Å²) >= 11 is 0. The summed E-state index contributed by atoms with van der Waals surface area (Å²) in [5, 5.41) is 10.6. The SMILES string of the molecule is CCCCCCCCCCCCCCCCCCCCCCCCC(=O)O[C@H](COC(=O)CCCCCCCCCCCCCCCC(C)C)COP(=O)(O)OC[C@@H](O)COP(=O)(O)OC[C@@H](COC(=O)CCCCCCCCCCCC)OC(=O)CCCCCCCCCCCCCCC. The van der Waals surface area contributed by atoms with Crippen molar-refractivity contribution in [3.05, 3.63) is 0 Å². The van der Waals surface area contributed by atoms with Gasteiger partial charge in [0.15, 0.2) is 12.2 Å². The van der Waals surface area contributed by atoms with E-state index in [-0.39, 0.29) is 25.7 Å². The van der Waals surface area contributed by atoms with Crippen molar-refractivity contribution in [1.82, 2.24) is 0 Å². The summed E-state index contributed by atoms with van der Waals surface area (Å²) in [6.45, 7) is 7.34. The highest BCUT2D eigenvalue weighted by molar-refractivity contribution is 7.47. The first kappa shape index (κ1) is 99.1. The summed E-state index contributed by atoms with van der Waals surface area (Å²) in [7, 11) is -9.92. The van der Waals surface area contributed by atoms with E-state index in [1.165, 1.54) is 263 Å². The van der Waals surface area contributed by atoms with Gasteiger partial charge in [0.25, 0.3) is 0 Å². The molecule has 0 aliphatic rings. The number of phosphoric acid groups is 2. The fraction of sp³-hybridized carbons (Fsp3) is 0.951. The number of esters is 4. The van der Waals surface area contributed by atoms with Gasteiger partial charge in [0.2, 0.25) is 0 Å². The Morgan fingerprint density at radius 3 is 0.673 bits per heavy atom. The molecule has 0 heterocycles. The van der Waals surface area contributed by atoms with Gasteiger partial charge in [0, 0.05) is 25.7 Å². The van der Waals surface area contributed by atoms with Gasteiger partial charge < -0.3 is 33.8 Å². The molecule has 0 rings (SSSR count). The molecule has 0 aromatic carbocycles. The van der Waals surface area contributed by atoms with Gasteiger partial charge in [0.1, 0.15) is 19.3 Å². The van der Waals surface area contributed by atoms with Gasteiger partial charge in [-0.25, -0.2) is 9.13 Å². The lowest BCUT2D eigenvalue weighted by Crippen LogP contribution is -2.30. The number of phosphoric ester groups is 2. The molecule has 2 unspecified atom stereocenters. The van der Waals surface area contributed by atoms with Crippen LogP contribution in [0.15, 0.2) is 0 Å². The molecule has 0 fully saturated rings. The largest absolute Gasteiger partial charge is 0.472 e. The van der Waals surface area contributed by atoms with Crippen LogP contribution in [0.5, 0.6) is 0 Å². The molecule has 0 radical (unpaired) electrons. The van der Waals surface area contributed by atoms with E-state index in [0.29, 0.717) is 25.7 Å². The predicted octanol–water partition coefficient (Wildman–Crippen LogP) is 24.8. The molecule has 0 saturated carbocycles. The van der Waals surface area contributed by atoms with Gasteiger partial charge in [-0.15, -0.1) is 0 Å². The third-order valence-electron chi connectivity index (χ3n) is 19.3. The number of aliphatic hydroxyl groups is 1. The van der Waals surface area contributed by atoms with Crippen LogP contribution in [-0.4, -0.2) is 96.7 Å². The second kappa shape index (κ2) is 74.9. The molecule has 0 saturated heterocycles. The molecular weight excluding hydrogens is 1320 g/mol. The van der Waals surface area contributed by atoms with Crippen LogP contribution >= 0.6 is 15.6 Å². The van der Waals surface area contributed by atoms with E-state index >= 15 is 0 Å². The zero-order valence-corrected chi connectivity index (χ0v) is 67.8. The van der Waals surface area contributed by atoms with E-state index in [4.69, 9.17) is 37.0 Å². The minimum absolute atomic E-state index is 0.108. The fourth-order valence-corrected chi connectivity index (χ4v) is 14.3. The fourth-order valence-electron chi connectivity index (χ4n) is 12.8. The third-order valence-corrected chi connectivity index (χ3v) is 21.2. The molecule has 101 heavy (non-hydrogen) atoms. The quantitative estimate of drug-likeness (QED) is 0.0222. The Kier molecular flexibility index (Phi) is 73.5. The van der Waals surface area contributed by atoms with Gasteiger partial charge in [-0.05, 0) is 31.6 Å². The van der Waals surface area contributed by atoms with E-state index in [1.54, 1.807) is 0 Å². The highest BCUT2D eigenvalue weighted by Gasteiger charge is 2.30. The summed E-state index contributed by atoms with van der Waals surface area (Å²) in [4.78, 5) is 73.0. The van der Waals surface area contributed by atoms with Gasteiger partial charge >= 0.3 is 39.5 Å². The molecule has 0 amide bonds. The molecule has 19 heteroatoms. The minimum Gasteiger partial charge on any atom is -0.462 e.